The van der Waals surface area contributed by atoms with Crippen LogP contribution in [0.25, 0.3) is 11.0 Å². The molecule has 1 saturated heterocycles. The normalized spacial score (nSPS) is 26.5. The third-order valence-electron chi connectivity index (χ3n) is 6.12. The first-order valence-corrected chi connectivity index (χ1v) is 10.3. The first kappa shape index (κ1) is 18.5. The molecular formula is C22H22ClN3O3. The molecule has 1 saturated carbocycles. The van der Waals surface area contributed by atoms with Crippen LogP contribution in [0.15, 0.2) is 48.8 Å². The summed E-state index contributed by atoms with van der Waals surface area (Å²) in [7, 11) is 0. The van der Waals surface area contributed by atoms with Crippen molar-refractivity contribution in [2.45, 2.75) is 25.0 Å². The van der Waals surface area contributed by atoms with Crippen molar-refractivity contribution in [2.24, 2.45) is 11.8 Å². The van der Waals surface area contributed by atoms with Crippen LogP contribution in [0.2, 0.25) is 5.02 Å². The minimum Gasteiger partial charge on any atom is -0.488 e. The highest BCUT2D eigenvalue weighted by atomic mass is 35.5. The lowest BCUT2D eigenvalue weighted by Gasteiger charge is -2.35. The fraction of sp³-hybridized carbons (Fsp3) is 0.364. The predicted molar refractivity (Wildman–Crippen MR) is 110 cm³/mol. The number of aliphatic hydroxyl groups excluding tert-OH is 1. The van der Waals surface area contributed by atoms with Gasteiger partial charge in [0.2, 0.25) is 0 Å². The van der Waals surface area contributed by atoms with Crippen LogP contribution in [0.1, 0.15) is 23.2 Å². The van der Waals surface area contributed by atoms with Crippen molar-refractivity contribution in [3.05, 3.63) is 59.4 Å². The molecule has 1 amide bonds. The molecule has 0 radical (unpaired) electrons. The third-order valence-corrected chi connectivity index (χ3v) is 6.36. The number of aliphatic hydroxyl groups is 1. The molecule has 4 atom stereocenters. The number of fused-ring (bicyclic) bond motifs is 2. The van der Waals surface area contributed by atoms with E-state index in [1.807, 2.05) is 35.2 Å². The predicted octanol–water partition coefficient (Wildman–Crippen LogP) is 3.51. The van der Waals surface area contributed by atoms with Gasteiger partial charge in [0.05, 0.1) is 23.5 Å². The fourth-order valence-electron chi connectivity index (χ4n) is 4.65. The Kier molecular flexibility index (Phi) is 4.68. The standard InChI is InChI=1S/C22H22ClN3O3/c23-16-2-1-3-17(9-16)29-21-8-15-11-26(10-14(15)7-20(21)27)22(28)13-4-5-18-19(6-13)25-12-24-18/h1-6,9,12,14-15,20-21,27H,7-8,10-11H2,(H,24,25)/t14-,15+,20+,21+/m0/s1. The summed E-state index contributed by atoms with van der Waals surface area (Å²) >= 11 is 6.04. The molecular weight excluding hydrogens is 390 g/mol. The second-order valence-corrected chi connectivity index (χ2v) is 8.45. The van der Waals surface area contributed by atoms with E-state index in [9.17, 15) is 9.90 Å². The van der Waals surface area contributed by atoms with Crippen molar-refractivity contribution in [1.82, 2.24) is 14.9 Å². The summed E-state index contributed by atoms with van der Waals surface area (Å²) in [5, 5.41) is 11.2. The van der Waals surface area contributed by atoms with Crippen LogP contribution >= 0.6 is 11.6 Å². The number of hydrogen-bond donors (Lipinski definition) is 2. The number of carbonyl (C=O) groups excluding carboxylic acids is 1. The highest BCUT2D eigenvalue weighted by Gasteiger charge is 2.44. The lowest BCUT2D eigenvalue weighted by atomic mass is 9.78. The minimum absolute atomic E-state index is 0.0256. The Hall–Kier alpha value is -2.57. The van der Waals surface area contributed by atoms with Crippen LogP contribution in [0, 0.1) is 11.8 Å². The number of carbonyl (C=O) groups is 1. The van der Waals surface area contributed by atoms with Crippen molar-refractivity contribution < 1.29 is 14.6 Å². The number of nitrogens with zero attached hydrogens (tertiary/aromatic N) is 2. The Morgan fingerprint density at radius 1 is 1.17 bits per heavy atom. The summed E-state index contributed by atoms with van der Waals surface area (Å²) < 4.78 is 6.03. The second kappa shape index (κ2) is 7.35. The average molecular weight is 412 g/mol. The smallest absolute Gasteiger partial charge is 0.253 e. The molecule has 2 aromatic carbocycles. The van der Waals surface area contributed by atoms with Gasteiger partial charge < -0.3 is 19.7 Å². The van der Waals surface area contributed by atoms with Gasteiger partial charge in [-0.15, -0.1) is 0 Å². The Morgan fingerprint density at radius 3 is 2.83 bits per heavy atom. The van der Waals surface area contributed by atoms with Gasteiger partial charge in [0.1, 0.15) is 11.9 Å². The lowest BCUT2D eigenvalue weighted by molar-refractivity contribution is -0.0231. The number of halogens is 1. The molecule has 7 heteroatoms. The van der Waals surface area contributed by atoms with Gasteiger partial charge in [-0.25, -0.2) is 4.98 Å². The van der Waals surface area contributed by atoms with E-state index in [1.165, 1.54) is 0 Å². The van der Waals surface area contributed by atoms with Crippen LogP contribution in [-0.2, 0) is 0 Å². The molecule has 6 nitrogen and oxygen atoms in total. The molecule has 1 aliphatic carbocycles. The first-order chi connectivity index (χ1) is 14.1. The SMILES string of the molecule is O=C(c1ccc2nc[nH]c2c1)N1C[C@H]2C[C@@H](Oc3cccc(Cl)c3)[C@H](O)C[C@H]2C1. The van der Waals surface area contributed by atoms with Crippen molar-refractivity contribution >= 4 is 28.5 Å². The van der Waals surface area contributed by atoms with Crippen LogP contribution in [-0.4, -0.2) is 51.2 Å². The summed E-state index contributed by atoms with van der Waals surface area (Å²) in [5.74, 6) is 1.31. The molecule has 5 rings (SSSR count). The minimum atomic E-state index is -0.549. The summed E-state index contributed by atoms with van der Waals surface area (Å²) in [6.07, 6.45) is 2.16. The van der Waals surface area contributed by atoms with E-state index < -0.39 is 6.10 Å². The van der Waals surface area contributed by atoms with Crippen molar-refractivity contribution in [3.8, 4) is 5.75 Å². The Morgan fingerprint density at radius 2 is 2.00 bits per heavy atom. The van der Waals surface area contributed by atoms with E-state index in [-0.39, 0.29) is 12.0 Å². The molecule has 0 unspecified atom stereocenters. The molecule has 1 aromatic heterocycles. The number of aromatic nitrogens is 2. The van der Waals surface area contributed by atoms with Crippen molar-refractivity contribution in [3.63, 3.8) is 0 Å². The molecule has 0 spiro atoms. The van der Waals surface area contributed by atoms with Gasteiger partial charge in [-0.05, 0) is 61.1 Å². The maximum absolute atomic E-state index is 13.0. The van der Waals surface area contributed by atoms with Gasteiger partial charge >= 0.3 is 0 Å². The van der Waals surface area contributed by atoms with Crippen LogP contribution in [0.3, 0.4) is 0 Å². The molecule has 2 N–H and O–H groups in total. The van der Waals surface area contributed by atoms with Gasteiger partial charge in [0.15, 0.2) is 0 Å². The summed E-state index contributed by atoms with van der Waals surface area (Å²) in [6, 6.07) is 12.8. The lowest BCUT2D eigenvalue weighted by Crippen LogP contribution is -2.42. The second-order valence-electron chi connectivity index (χ2n) is 8.02. The number of benzene rings is 2. The molecule has 1 aliphatic heterocycles. The molecule has 29 heavy (non-hydrogen) atoms. The number of ether oxygens (including phenoxy) is 1. The number of rotatable bonds is 3. The topological polar surface area (TPSA) is 78.5 Å². The largest absolute Gasteiger partial charge is 0.488 e. The molecule has 2 aliphatic rings. The summed E-state index contributed by atoms with van der Waals surface area (Å²) in [6.45, 7) is 1.36. The van der Waals surface area contributed by atoms with E-state index in [2.05, 4.69) is 9.97 Å². The van der Waals surface area contributed by atoms with Gasteiger partial charge in [-0.2, -0.15) is 0 Å². The van der Waals surface area contributed by atoms with E-state index in [4.69, 9.17) is 16.3 Å². The van der Waals surface area contributed by atoms with Crippen LogP contribution < -0.4 is 4.74 Å². The van der Waals surface area contributed by atoms with Crippen LogP contribution in [0.4, 0.5) is 0 Å². The zero-order chi connectivity index (χ0) is 20.0. The quantitative estimate of drug-likeness (QED) is 0.691. The molecule has 2 heterocycles. The summed E-state index contributed by atoms with van der Waals surface area (Å²) in [4.78, 5) is 22.2. The fourth-order valence-corrected chi connectivity index (χ4v) is 4.83. The van der Waals surface area contributed by atoms with E-state index in [0.717, 1.165) is 17.5 Å². The maximum Gasteiger partial charge on any atom is 0.253 e. The van der Waals surface area contributed by atoms with Gasteiger partial charge in [0.25, 0.3) is 5.91 Å². The number of likely N-dealkylation sites (tertiary alicyclic amines) is 1. The van der Waals surface area contributed by atoms with Gasteiger partial charge in [0, 0.05) is 23.7 Å². The average Bonchev–Trinajstić information content (AvgIpc) is 3.33. The maximum atomic E-state index is 13.0. The van der Waals surface area contributed by atoms with Gasteiger partial charge in [-0.1, -0.05) is 17.7 Å². The number of hydrogen-bond acceptors (Lipinski definition) is 4. The van der Waals surface area contributed by atoms with Crippen molar-refractivity contribution in [2.75, 3.05) is 13.1 Å². The zero-order valence-electron chi connectivity index (χ0n) is 15.8. The van der Waals surface area contributed by atoms with E-state index in [1.54, 1.807) is 18.5 Å². The molecule has 2 fully saturated rings. The first-order valence-electron chi connectivity index (χ1n) is 9.89. The monoisotopic (exact) mass is 411 g/mol. The van der Waals surface area contributed by atoms with Crippen molar-refractivity contribution in [1.29, 1.82) is 0 Å². The highest BCUT2D eigenvalue weighted by Crippen LogP contribution is 2.38. The highest BCUT2D eigenvalue weighted by molar-refractivity contribution is 6.30. The van der Waals surface area contributed by atoms with Gasteiger partial charge in [-0.3, -0.25) is 4.79 Å². The molecule has 0 bridgehead atoms. The number of aromatic amines is 1. The van der Waals surface area contributed by atoms with Crippen LogP contribution in [0.5, 0.6) is 5.75 Å². The molecule has 150 valence electrons. The Labute approximate surface area is 173 Å². The number of nitrogens with one attached hydrogen (secondary N) is 1. The number of imidazole rings is 1. The Balaban J connectivity index is 1.28. The van der Waals surface area contributed by atoms with E-state index >= 15 is 0 Å². The number of amides is 1. The zero-order valence-corrected chi connectivity index (χ0v) is 16.5. The Bertz CT molecular complexity index is 1050. The van der Waals surface area contributed by atoms with E-state index in [0.29, 0.717) is 47.7 Å². The molecule has 3 aromatic rings. The summed E-state index contributed by atoms with van der Waals surface area (Å²) in [5.41, 5.74) is 2.37. The number of H-pyrrole nitrogens is 1. The third kappa shape index (κ3) is 3.58.